The number of hydrogen-bond acceptors (Lipinski definition) is 3. The first-order chi connectivity index (χ1) is 10.5. The largest absolute Gasteiger partial charge is 0.496 e. The first kappa shape index (κ1) is 14.7. The number of rotatable bonds is 3. The van der Waals surface area contributed by atoms with Crippen molar-refractivity contribution in [2.24, 2.45) is 0 Å². The summed E-state index contributed by atoms with van der Waals surface area (Å²) in [5, 5.41) is 9.88. The van der Waals surface area contributed by atoms with Crippen molar-refractivity contribution in [1.82, 2.24) is 9.97 Å². The molecule has 0 bridgehead atoms. The summed E-state index contributed by atoms with van der Waals surface area (Å²) in [6, 6.07) is 7.94. The Morgan fingerprint density at radius 3 is 2.64 bits per heavy atom. The van der Waals surface area contributed by atoms with Gasteiger partial charge in [0.1, 0.15) is 11.6 Å². The molecule has 0 saturated carbocycles. The maximum Gasteiger partial charge on any atom is 0.335 e. The standard InChI is InChI=1S/C15H10Cl2N2O3/c1-22-13-4-7(15(20)21)2-3-8(13)14-18-11-5-9(16)10(17)6-12(11)19-14/h2-6H,1H3,(H,18,19)(H,20,21). The molecule has 7 heteroatoms. The molecule has 2 N–H and O–H groups in total. The number of carbonyl (C=O) groups is 1. The lowest BCUT2D eigenvalue weighted by Gasteiger charge is -2.07. The molecule has 0 aliphatic rings. The van der Waals surface area contributed by atoms with Crippen molar-refractivity contribution in [2.45, 2.75) is 0 Å². The van der Waals surface area contributed by atoms with Crippen molar-refractivity contribution in [3.05, 3.63) is 45.9 Å². The molecule has 0 radical (unpaired) electrons. The van der Waals surface area contributed by atoms with Crippen LogP contribution in [0, 0.1) is 0 Å². The summed E-state index contributed by atoms with van der Waals surface area (Å²) in [5.74, 6) is -0.0636. The second-order valence-corrected chi connectivity index (χ2v) is 5.40. The zero-order valence-corrected chi connectivity index (χ0v) is 12.9. The number of imidazole rings is 1. The zero-order valence-electron chi connectivity index (χ0n) is 11.4. The van der Waals surface area contributed by atoms with E-state index in [1.807, 2.05) is 0 Å². The molecule has 0 amide bonds. The number of aromatic carboxylic acids is 1. The average molecular weight is 337 g/mol. The average Bonchev–Trinajstić information content (AvgIpc) is 2.89. The van der Waals surface area contributed by atoms with E-state index in [-0.39, 0.29) is 5.56 Å². The number of ether oxygens (including phenoxy) is 1. The summed E-state index contributed by atoms with van der Waals surface area (Å²) >= 11 is 12.0. The van der Waals surface area contributed by atoms with E-state index in [0.29, 0.717) is 32.7 Å². The van der Waals surface area contributed by atoms with Gasteiger partial charge >= 0.3 is 5.97 Å². The Morgan fingerprint density at radius 1 is 1.23 bits per heavy atom. The van der Waals surface area contributed by atoms with Crippen molar-refractivity contribution in [3.63, 3.8) is 0 Å². The van der Waals surface area contributed by atoms with Gasteiger partial charge in [0.05, 0.1) is 39.3 Å². The van der Waals surface area contributed by atoms with Gasteiger partial charge in [0.15, 0.2) is 0 Å². The van der Waals surface area contributed by atoms with Crippen molar-refractivity contribution >= 4 is 40.2 Å². The Hall–Kier alpha value is -2.24. The van der Waals surface area contributed by atoms with Gasteiger partial charge in [-0.15, -0.1) is 0 Å². The number of methoxy groups -OCH3 is 1. The molecule has 0 aliphatic carbocycles. The lowest BCUT2D eigenvalue weighted by Crippen LogP contribution is -1.98. The van der Waals surface area contributed by atoms with Gasteiger partial charge in [-0.3, -0.25) is 0 Å². The Bertz CT molecular complexity index is 851. The van der Waals surface area contributed by atoms with Crippen LogP contribution >= 0.6 is 23.2 Å². The number of nitrogens with one attached hydrogen (secondary N) is 1. The predicted octanol–water partition coefficient (Wildman–Crippen LogP) is 4.24. The van der Waals surface area contributed by atoms with E-state index < -0.39 is 5.97 Å². The molecule has 22 heavy (non-hydrogen) atoms. The second kappa shape index (κ2) is 5.51. The number of H-pyrrole nitrogens is 1. The summed E-state index contributed by atoms with van der Waals surface area (Å²) in [6.45, 7) is 0. The molecular formula is C15H10Cl2N2O3. The summed E-state index contributed by atoms with van der Waals surface area (Å²) in [5.41, 5.74) is 2.18. The molecule has 0 spiro atoms. The number of carboxylic acid groups (broad SMARTS) is 1. The Labute approximate surface area is 135 Å². The lowest BCUT2D eigenvalue weighted by molar-refractivity contribution is 0.0696. The van der Waals surface area contributed by atoms with Crippen molar-refractivity contribution in [2.75, 3.05) is 7.11 Å². The topological polar surface area (TPSA) is 75.2 Å². The van der Waals surface area contributed by atoms with Crippen LogP contribution in [0.5, 0.6) is 5.75 Å². The second-order valence-electron chi connectivity index (χ2n) is 4.59. The predicted molar refractivity (Wildman–Crippen MR) is 85.1 cm³/mol. The smallest absolute Gasteiger partial charge is 0.335 e. The first-order valence-electron chi connectivity index (χ1n) is 6.26. The van der Waals surface area contributed by atoms with Crippen LogP contribution in [0.25, 0.3) is 22.4 Å². The van der Waals surface area contributed by atoms with Crippen molar-refractivity contribution in [1.29, 1.82) is 0 Å². The van der Waals surface area contributed by atoms with Crippen LogP contribution in [0.4, 0.5) is 0 Å². The third-order valence-corrected chi connectivity index (χ3v) is 3.95. The molecule has 0 atom stereocenters. The van der Waals surface area contributed by atoms with Crippen LogP contribution in [0.3, 0.4) is 0 Å². The van der Waals surface area contributed by atoms with Gasteiger partial charge in [0, 0.05) is 0 Å². The number of hydrogen-bond donors (Lipinski definition) is 2. The van der Waals surface area contributed by atoms with E-state index in [1.54, 1.807) is 18.2 Å². The number of aromatic nitrogens is 2. The molecular weight excluding hydrogens is 327 g/mol. The van der Waals surface area contributed by atoms with Crippen LogP contribution in [-0.4, -0.2) is 28.2 Å². The third-order valence-electron chi connectivity index (χ3n) is 3.23. The minimum Gasteiger partial charge on any atom is -0.496 e. The Kier molecular flexibility index (Phi) is 3.68. The third kappa shape index (κ3) is 2.49. The van der Waals surface area contributed by atoms with E-state index in [1.165, 1.54) is 19.2 Å². The van der Waals surface area contributed by atoms with Gasteiger partial charge in [-0.25, -0.2) is 9.78 Å². The van der Waals surface area contributed by atoms with Gasteiger partial charge in [-0.1, -0.05) is 23.2 Å². The molecule has 1 aromatic heterocycles. The summed E-state index contributed by atoms with van der Waals surface area (Å²) in [6.07, 6.45) is 0. The fourth-order valence-electron chi connectivity index (χ4n) is 2.15. The molecule has 3 aromatic rings. The number of carboxylic acids is 1. The maximum absolute atomic E-state index is 11.0. The molecule has 0 unspecified atom stereocenters. The minimum atomic E-state index is -1.02. The highest BCUT2D eigenvalue weighted by atomic mass is 35.5. The molecule has 5 nitrogen and oxygen atoms in total. The molecule has 2 aromatic carbocycles. The number of nitrogens with zero attached hydrogens (tertiary/aromatic N) is 1. The Balaban J connectivity index is 2.16. The summed E-state index contributed by atoms with van der Waals surface area (Å²) in [7, 11) is 1.47. The maximum atomic E-state index is 11.0. The van der Waals surface area contributed by atoms with Gasteiger partial charge in [-0.2, -0.15) is 0 Å². The number of halogens is 2. The quantitative estimate of drug-likeness (QED) is 0.749. The van der Waals surface area contributed by atoms with Gasteiger partial charge in [0.25, 0.3) is 0 Å². The summed E-state index contributed by atoms with van der Waals surface area (Å²) in [4.78, 5) is 18.6. The molecule has 3 rings (SSSR count). The van der Waals surface area contributed by atoms with E-state index in [0.717, 1.165) is 5.52 Å². The van der Waals surface area contributed by atoms with Crippen molar-refractivity contribution in [3.8, 4) is 17.1 Å². The number of fused-ring (bicyclic) bond motifs is 1. The normalized spacial score (nSPS) is 10.9. The molecule has 0 aliphatic heterocycles. The van der Waals surface area contributed by atoms with Crippen molar-refractivity contribution < 1.29 is 14.6 Å². The highest BCUT2D eigenvalue weighted by Gasteiger charge is 2.14. The number of benzene rings is 2. The van der Waals surface area contributed by atoms with Crippen LogP contribution in [0.2, 0.25) is 10.0 Å². The highest BCUT2D eigenvalue weighted by Crippen LogP contribution is 2.32. The van der Waals surface area contributed by atoms with Crippen LogP contribution in [0.1, 0.15) is 10.4 Å². The van der Waals surface area contributed by atoms with Crippen LogP contribution < -0.4 is 4.74 Å². The molecule has 1 heterocycles. The van der Waals surface area contributed by atoms with Crippen LogP contribution in [0.15, 0.2) is 30.3 Å². The molecule has 0 saturated heterocycles. The zero-order chi connectivity index (χ0) is 15.9. The van der Waals surface area contributed by atoms with E-state index in [2.05, 4.69) is 9.97 Å². The SMILES string of the molecule is COc1cc(C(=O)O)ccc1-c1nc2cc(Cl)c(Cl)cc2[nH]1. The van der Waals surface area contributed by atoms with E-state index in [4.69, 9.17) is 33.0 Å². The molecule has 112 valence electrons. The van der Waals surface area contributed by atoms with E-state index >= 15 is 0 Å². The minimum absolute atomic E-state index is 0.141. The monoisotopic (exact) mass is 336 g/mol. The fourth-order valence-corrected chi connectivity index (χ4v) is 2.47. The van der Waals surface area contributed by atoms with Gasteiger partial charge < -0.3 is 14.8 Å². The van der Waals surface area contributed by atoms with E-state index in [9.17, 15) is 4.79 Å². The molecule has 0 fully saturated rings. The lowest BCUT2D eigenvalue weighted by atomic mass is 10.1. The van der Waals surface area contributed by atoms with Crippen LogP contribution in [-0.2, 0) is 0 Å². The number of aromatic amines is 1. The highest BCUT2D eigenvalue weighted by molar-refractivity contribution is 6.42. The fraction of sp³-hybridized carbons (Fsp3) is 0.0667. The van der Waals surface area contributed by atoms with Gasteiger partial charge in [-0.05, 0) is 30.3 Å². The first-order valence-corrected chi connectivity index (χ1v) is 7.01. The van der Waals surface area contributed by atoms with Gasteiger partial charge in [0.2, 0.25) is 0 Å². The summed E-state index contributed by atoms with van der Waals surface area (Å²) < 4.78 is 5.26. The Morgan fingerprint density at radius 2 is 1.95 bits per heavy atom.